The van der Waals surface area contributed by atoms with Crippen molar-refractivity contribution in [2.24, 2.45) is 5.73 Å². The van der Waals surface area contributed by atoms with Crippen LogP contribution in [0.3, 0.4) is 0 Å². The van der Waals surface area contributed by atoms with E-state index in [1.54, 1.807) is 6.07 Å². The molecule has 0 bridgehead atoms. The predicted molar refractivity (Wildman–Crippen MR) is 104 cm³/mol. The van der Waals surface area contributed by atoms with Gasteiger partial charge in [0, 0.05) is 24.3 Å². The summed E-state index contributed by atoms with van der Waals surface area (Å²) < 4.78 is 14.6. The van der Waals surface area contributed by atoms with Crippen molar-refractivity contribution in [1.82, 2.24) is 0 Å². The Morgan fingerprint density at radius 2 is 1.48 bits per heavy atom. The molecule has 3 rings (SSSR count). The van der Waals surface area contributed by atoms with Crippen molar-refractivity contribution >= 4 is 5.69 Å². The maximum atomic E-state index is 14.6. The zero-order valence-corrected chi connectivity index (χ0v) is 14.6. The molecule has 0 spiro atoms. The monoisotopic (exact) mass is 334 g/mol. The van der Waals surface area contributed by atoms with Gasteiger partial charge in [-0.05, 0) is 46.9 Å². The van der Waals surface area contributed by atoms with Crippen LogP contribution >= 0.6 is 0 Å². The van der Waals surface area contributed by atoms with Gasteiger partial charge in [-0.25, -0.2) is 4.39 Å². The second-order valence-corrected chi connectivity index (χ2v) is 6.16. The van der Waals surface area contributed by atoms with Crippen molar-refractivity contribution in [3.05, 3.63) is 78.1 Å². The largest absolute Gasteiger partial charge is 0.388 e. The first kappa shape index (κ1) is 17.2. The predicted octanol–water partition coefficient (Wildman–Crippen LogP) is 5.61. The maximum Gasteiger partial charge on any atom is 0.131 e. The number of hydrogen-bond acceptors (Lipinski definition) is 2. The fourth-order valence-corrected chi connectivity index (χ4v) is 2.90. The molecular weight excluding hydrogens is 311 g/mol. The summed E-state index contributed by atoms with van der Waals surface area (Å²) in [7, 11) is 1.86. The Morgan fingerprint density at radius 1 is 0.880 bits per heavy atom. The average Bonchev–Trinajstić information content (AvgIpc) is 2.67. The molecule has 1 atom stereocenters. The molecule has 0 saturated heterocycles. The molecule has 3 aromatic rings. The summed E-state index contributed by atoms with van der Waals surface area (Å²) in [5, 5.41) is 3.06. The molecule has 0 amide bonds. The van der Waals surface area contributed by atoms with Crippen LogP contribution < -0.4 is 11.1 Å². The minimum atomic E-state index is -0.218. The summed E-state index contributed by atoms with van der Waals surface area (Å²) >= 11 is 0. The third-order valence-electron chi connectivity index (χ3n) is 4.57. The highest BCUT2D eigenvalue weighted by Crippen LogP contribution is 2.29. The van der Waals surface area contributed by atoms with Crippen LogP contribution in [-0.2, 0) is 0 Å². The lowest BCUT2D eigenvalue weighted by Crippen LogP contribution is -2.08. The highest BCUT2D eigenvalue weighted by molar-refractivity contribution is 5.72. The van der Waals surface area contributed by atoms with E-state index >= 15 is 0 Å². The maximum absolute atomic E-state index is 14.6. The number of halogens is 1. The Bertz CT molecular complexity index is 839. The van der Waals surface area contributed by atoms with Crippen molar-refractivity contribution in [3.8, 4) is 22.3 Å². The standard InChI is InChI=1S/C22H23FN2/c1-3-22(24)17-6-4-15(5-7-17)18-10-13-20(21(23)14-18)16-8-11-19(25-2)12-9-16/h4-14,22,25H,3,24H2,1-2H3. The quantitative estimate of drug-likeness (QED) is 0.636. The Kier molecular flexibility index (Phi) is 5.15. The van der Waals surface area contributed by atoms with Crippen molar-refractivity contribution in [2.75, 3.05) is 12.4 Å². The normalized spacial score (nSPS) is 12.0. The van der Waals surface area contributed by atoms with E-state index in [9.17, 15) is 4.39 Å². The summed E-state index contributed by atoms with van der Waals surface area (Å²) in [6, 6.07) is 21.2. The molecule has 0 aliphatic heterocycles. The Hall–Kier alpha value is -2.65. The van der Waals surface area contributed by atoms with Gasteiger partial charge in [0.25, 0.3) is 0 Å². The molecule has 3 aromatic carbocycles. The molecule has 0 radical (unpaired) electrons. The Labute approximate surface area is 148 Å². The SMILES string of the molecule is CCC(N)c1ccc(-c2ccc(-c3ccc(NC)cc3)c(F)c2)cc1. The van der Waals surface area contributed by atoms with Gasteiger partial charge >= 0.3 is 0 Å². The van der Waals surface area contributed by atoms with E-state index in [-0.39, 0.29) is 11.9 Å². The molecule has 128 valence electrons. The number of benzene rings is 3. The lowest BCUT2D eigenvalue weighted by atomic mass is 9.97. The third-order valence-corrected chi connectivity index (χ3v) is 4.57. The van der Waals surface area contributed by atoms with Crippen LogP contribution in [0.2, 0.25) is 0 Å². The van der Waals surface area contributed by atoms with Gasteiger partial charge < -0.3 is 11.1 Å². The number of nitrogens with two attached hydrogens (primary N) is 1. The Morgan fingerprint density at radius 3 is 2.04 bits per heavy atom. The number of rotatable bonds is 5. The summed E-state index contributed by atoms with van der Waals surface area (Å²) in [5.41, 5.74) is 11.5. The Balaban J connectivity index is 1.88. The highest BCUT2D eigenvalue weighted by Gasteiger charge is 2.09. The summed E-state index contributed by atoms with van der Waals surface area (Å²) in [5.74, 6) is -0.218. The highest BCUT2D eigenvalue weighted by atomic mass is 19.1. The van der Waals surface area contributed by atoms with Gasteiger partial charge in [0.15, 0.2) is 0 Å². The second-order valence-electron chi connectivity index (χ2n) is 6.16. The molecule has 0 saturated carbocycles. The van der Waals surface area contributed by atoms with Gasteiger partial charge in [0.1, 0.15) is 5.82 Å². The van der Waals surface area contributed by atoms with Crippen LogP contribution in [0.5, 0.6) is 0 Å². The third kappa shape index (κ3) is 3.72. The second kappa shape index (κ2) is 7.49. The van der Waals surface area contributed by atoms with Crippen LogP contribution in [0.4, 0.5) is 10.1 Å². The molecule has 0 fully saturated rings. The summed E-state index contributed by atoms with van der Waals surface area (Å²) in [6.07, 6.45) is 0.898. The van der Waals surface area contributed by atoms with E-state index in [1.807, 2.05) is 67.7 Å². The van der Waals surface area contributed by atoms with Crippen LogP contribution in [0, 0.1) is 5.82 Å². The van der Waals surface area contributed by atoms with E-state index in [0.717, 1.165) is 34.4 Å². The molecule has 0 heterocycles. The zero-order valence-electron chi connectivity index (χ0n) is 14.6. The van der Waals surface area contributed by atoms with E-state index in [1.165, 1.54) is 0 Å². The van der Waals surface area contributed by atoms with Gasteiger partial charge in [-0.3, -0.25) is 0 Å². The minimum absolute atomic E-state index is 0.0498. The number of anilines is 1. The molecule has 1 unspecified atom stereocenters. The molecule has 0 aromatic heterocycles. The number of hydrogen-bond donors (Lipinski definition) is 2. The molecule has 25 heavy (non-hydrogen) atoms. The van der Waals surface area contributed by atoms with Gasteiger partial charge in [0.2, 0.25) is 0 Å². The van der Waals surface area contributed by atoms with Gasteiger partial charge in [-0.15, -0.1) is 0 Å². The van der Waals surface area contributed by atoms with Gasteiger partial charge in [0.05, 0.1) is 0 Å². The van der Waals surface area contributed by atoms with Crippen LogP contribution in [0.25, 0.3) is 22.3 Å². The fraction of sp³-hybridized carbons (Fsp3) is 0.182. The van der Waals surface area contributed by atoms with Crippen molar-refractivity contribution in [1.29, 1.82) is 0 Å². The van der Waals surface area contributed by atoms with E-state index < -0.39 is 0 Å². The zero-order chi connectivity index (χ0) is 17.8. The van der Waals surface area contributed by atoms with E-state index in [2.05, 4.69) is 12.2 Å². The van der Waals surface area contributed by atoms with E-state index in [0.29, 0.717) is 5.56 Å². The van der Waals surface area contributed by atoms with E-state index in [4.69, 9.17) is 5.73 Å². The average molecular weight is 334 g/mol. The minimum Gasteiger partial charge on any atom is -0.388 e. The first-order valence-corrected chi connectivity index (χ1v) is 8.56. The van der Waals surface area contributed by atoms with Gasteiger partial charge in [-0.1, -0.05) is 55.5 Å². The lowest BCUT2D eigenvalue weighted by molar-refractivity contribution is 0.632. The smallest absolute Gasteiger partial charge is 0.131 e. The summed E-state index contributed by atoms with van der Waals surface area (Å²) in [4.78, 5) is 0. The van der Waals surface area contributed by atoms with Gasteiger partial charge in [-0.2, -0.15) is 0 Å². The van der Waals surface area contributed by atoms with Crippen molar-refractivity contribution in [3.63, 3.8) is 0 Å². The molecular formula is C22H23FN2. The first-order valence-electron chi connectivity index (χ1n) is 8.56. The molecule has 3 heteroatoms. The van der Waals surface area contributed by atoms with Crippen molar-refractivity contribution in [2.45, 2.75) is 19.4 Å². The summed E-state index contributed by atoms with van der Waals surface area (Å²) in [6.45, 7) is 2.07. The van der Waals surface area contributed by atoms with Crippen molar-refractivity contribution < 1.29 is 4.39 Å². The molecule has 3 N–H and O–H groups in total. The molecule has 2 nitrogen and oxygen atoms in total. The molecule has 0 aliphatic rings. The van der Waals surface area contributed by atoms with Crippen LogP contribution in [0.1, 0.15) is 24.9 Å². The first-order chi connectivity index (χ1) is 12.1. The number of nitrogens with one attached hydrogen (secondary N) is 1. The van der Waals surface area contributed by atoms with Crippen LogP contribution in [-0.4, -0.2) is 7.05 Å². The fourth-order valence-electron chi connectivity index (χ4n) is 2.90. The van der Waals surface area contributed by atoms with Crippen LogP contribution in [0.15, 0.2) is 66.7 Å². The topological polar surface area (TPSA) is 38.0 Å². The molecule has 0 aliphatic carbocycles. The lowest BCUT2D eigenvalue weighted by Gasteiger charge is -2.11.